The van der Waals surface area contributed by atoms with Gasteiger partial charge in [0.2, 0.25) is 5.91 Å². The van der Waals surface area contributed by atoms with Gasteiger partial charge in [-0.15, -0.1) is 0 Å². The van der Waals surface area contributed by atoms with E-state index in [4.69, 9.17) is 4.74 Å². The number of carbonyl (C=O) groups is 1. The Balaban J connectivity index is 1.52. The van der Waals surface area contributed by atoms with Crippen molar-refractivity contribution in [2.45, 2.75) is 64.1 Å². The van der Waals surface area contributed by atoms with E-state index in [1.54, 1.807) is 0 Å². The van der Waals surface area contributed by atoms with Gasteiger partial charge in [0.25, 0.3) is 0 Å². The first-order valence-electron chi connectivity index (χ1n) is 9.79. The van der Waals surface area contributed by atoms with E-state index in [0.29, 0.717) is 6.10 Å². The molecule has 2 atom stereocenters. The number of nitrogens with zero attached hydrogens (tertiary/aromatic N) is 2. The number of hydrogen-bond acceptors (Lipinski definition) is 3. The average Bonchev–Trinajstić information content (AvgIpc) is 3.08. The predicted octanol–water partition coefficient (Wildman–Crippen LogP) is 3.38. The molecule has 0 radical (unpaired) electrons. The summed E-state index contributed by atoms with van der Waals surface area (Å²) in [6.07, 6.45) is 6.99. The SMILES string of the molecule is Cc1cccc(CN2CCCC2C(=O)N(C)CCC2CCCCO2)c1. The maximum Gasteiger partial charge on any atom is 0.239 e. The van der Waals surface area contributed by atoms with Gasteiger partial charge < -0.3 is 9.64 Å². The average molecular weight is 344 g/mol. The lowest BCUT2D eigenvalue weighted by molar-refractivity contribution is -0.135. The highest BCUT2D eigenvalue weighted by molar-refractivity contribution is 5.82. The van der Waals surface area contributed by atoms with Crippen molar-refractivity contribution < 1.29 is 9.53 Å². The lowest BCUT2D eigenvalue weighted by atomic mass is 10.1. The lowest BCUT2D eigenvalue weighted by Gasteiger charge is -2.30. The molecule has 1 aromatic rings. The van der Waals surface area contributed by atoms with Crippen LogP contribution in [0, 0.1) is 6.92 Å². The fourth-order valence-corrected chi connectivity index (χ4v) is 4.08. The summed E-state index contributed by atoms with van der Waals surface area (Å²) in [6, 6.07) is 8.66. The Hall–Kier alpha value is -1.39. The third-order valence-corrected chi connectivity index (χ3v) is 5.55. The molecule has 4 nitrogen and oxygen atoms in total. The van der Waals surface area contributed by atoms with Crippen molar-refractivity contribution in [3.8, 4) is 0 Å². The van der Waals surface area contributed by atoms with Gasteiger partial charge in [0.15, 0.2) is 0 Å². The van der Waals surface area contributed by atoms with Crippen LogP contribution in [0.4, 0.5) is 0 Å². The molecule has 0 saturated carbocycles. The number of likely N-dealkylation sites (tertiary alicyclic amines) is 1. The Morgan fingerprint density at radius 2 is 2.16 bits per heavy atom. The van der Waals surface area contributed by atoms with Crippen LogP contribution in [0.3, 0.4) is 0 Å². The van der Waals surface area contributed by atoms with Crippen molar-refractivity contribution in [1.82, 2.24) is 9.80 Å². The summed E-state index contributed by atoms with van der Waals surface area (Å²) >= 11 is 0. The van der Waals surface area contributed by atoms with Gasteiger partial charge in [-0.3, -0.25) is 9.69 Å². The van der Waals surface area contributed by atoms with Gasteiger partial charge in [0.1, 0.15) is 0 Å². The number of amides is 1. The van der Waals surface area contributed by atoms with Crippen LogP contribution in [-0.2, 0) is 16.1 Å². The van der Waals surface area contributed by atoms with Crippen molar-refractivity contribution in [1.29, 1.82) is 0 Å². The largest absolute Gasteiger partial charge is 0.378 e. The first kappa shape index (κ1) is 18.4. The number of aryl methyl sites for hydroxylation is 1. The molecular weight excluding hydrogens is 312 g/mol. The van der Waals surface area contributed by atoms with Crippen molar-refractivity contribution in [3.63, 3.8) is 0 Å². The minimum atomic E-state index is 0.0396. The summed E-state index contributed by atoms with van der Waals surface area (Å²) in [5.74, 6) is 0.279. The van der Waals surface area contributed by atoms with E-state index in [9.17, 15) is 4.79 Å². The van der Waals surface area contributed by atoms with E-state index >= 15 is 0 Å². The molecule has 0 spiro atoms. The summed E-state index contributed by atoms with van der Waals surface area (Å²) in [5.41, 5.74) is 2.59. The Morgan fingerprint density at radius 3 is 2.92 bits per heavy atom. The summed E-state index contributed by atoms with van der Waals surface area (Å²) in [5, 5.41) is 0. The van der Waals surface area contributed by atoms with Crippen LogP contribution >= 0.6 is 0 Å². The molecule has 2 unspecified atom stereocenters. The van der Waals surface area contributed by atoms with Crippen molar-refractivity contribution >= 4 is 5.91 Å². The summed E-state index contributed by atoms with van der Waals surface area (Å²) in [7, 11) is 1.95. The second-order valence-electron chi connectivity index (χ2n) is 7.65. The van der Waals surface area contributed by atoms with E-state index in [2.05, 4.69) is 36.1 Å². The zero-order chi connectivity index (χ0) is 17.6. The molecule has 2 heterocycles. The van der Waals surface area contributed by atoms with Gasteiger partial charge in [0.05, 0.1) is 12.1 Å². The number of ether oxygens (including phenoxy) is 1. The minimum Gasteiger partial charge on any atom is -0.378 e. The molecule has 138 valence electrons. The molecule has 0 bridgehead atoms. The molecule has 3 rings (SSSR count). The molecule has 1 amide bonds. The fourth-order valence-electron chi connectivity index (χ4n) is 4.08. The molecule has 2 aliphatic rings. The van der Waals surface area contributed by atoms with E-state index in [1.807, 2.05) is 11.9 Å². The lowest BCUT2D eigenvalue weighted by Crippen LogP contribution is -2.44. The maximum atomic E-state index is 12.9. The molecule has 0 aromatic heterocycles. The fraction of sp³-hybridized carbons (Fsp3) is 0.667. The monoisotopic (exact) mass is 344 g/mol. The number of likely N-dealkylation sites (N-methyl/N-ethyl adjacent to an activating group) is 1. The summed E-state index contributed by atoms with van der Waals surface area (Å²) in [4.78, 5) is 17.2. The van der Waals surface area contributed by atoms with Crippen LogP contribution in [0.15, 0.2) is 24.3 Å². The van der Waals surface area contributed by atoms with Crippen molar-refractivity contribution in [2.24, 2.45) is 0 Å². The normalized spacial score (nSPS) is 24.4. The van der Waals surface area contributed by atoms with E-state index < -0.39 is 0 Å². The molecule has 1 aromatic carbocycles. The van der Waals surface area contributed by atoms with Crippen molar-refractivity contribution in [2.75, 3.05) is 26.7 Å². The molecule has 2 fully saturated rings. The highest BCUT2D eigenvalue weighted by Gasteiger charge is 2.32. The highest BCUT2D eigenvalue weighted by atomic mass is 16.5. The van der Waals surface area contributed by atoms with Crippen LogP contribution in [-0.4, -0.2) is 54.6 Å². The van der Waals surface area contributed by atoms with Gasteiger partial charge in [-0.25, -0.2) is 0 Å². The van der Waals surface area contributed by atoms with Crippen LogP contribution in [0.1, 0.15) is 49.7 Å². The van der Waals surface area contributed by atoms with Gasteiger partial charge in [-0.2, -0.15) is 0 Å². The minimum absolute atomic E-state index is 0.0396. The Bertz CT molecular complexity index is 569. The van der Waals surface area contributed by atoms with Gasteiger partial charge >= 0.3 is 0 Å². The highest BCUT2D eigenvalue weighted by Crippen LogP contribution is 2.23. The maximum absolute atomic E-state index is 12.9. The third-order valence-electron chi connectivity index (χ3n) is 5.55. The Kier molecular flexibility index (Phi) is 6.49. The molecule has 0 N–H and O–H groups in total. The molecular formula is C21H32N2O2. The number of rotatable bonds is 6. The first-order chi connectivity index (χ1) is 12.1. The van der Waals surface area contributed by atoms with Crippen LogP contribution < -0.4 is 0 Å². The zero-order valence-corrected chi connectivity index (χ0v) is 15.7. The first-order valence-corrected chi connectivity index (χ1v) is 9.79. The molecule has 0 aliphatic carbocycles. The molecule has 2 aliphatic heterocycles. The second kappa shape index (κ2) is 8.81. The summed E-state index contributed by atoms with van der Waals surface area (Å²) in [6.45, 7) is 5.70. The molecule has 25 heavy (non-hydrogen) atoms. The van der Waals surface area contributed by atoms with Crippen molar-refractivity contribution in [3.05, 3.63) is 35.4 Å². The topological polar surface area (TPSA) is 32.8 Å². The number of hydrogen-bond donors (Lipinski definition) is 0. The molecule has 4 heteroatoms. The van der Waals surface area contributed by atoms with Crippen LogP contribution in [0.5, 0.6) is 0 Å². The predicted molar refractivity (Wildman–Crippen MR) is 100 cm³/mol. The Labute approximate surface area is 152 Å². The standard InChI is InChI=1S/C21H32N2O2/c1-17-7-5-8-18(15-17)16-23-12-6-10-20(23)21(24)22(2)13-11-19-9-3-4-14-25-19/h5,7-8,15,19-20H,3-4,6,9-14,16H2,1-2H3. The van der Waals surface area contributed by atoms with Crippen LogP contribution in [0.25, 0.3) is 0 Å². The van der Waals surface area contributed by atoms with E-state index in [-0.39, 0.29) is 11.9 Å². The van der Waals surface area contributed by atoms with Gasteiger partial charge in [-0.1, -0.05) is 29.8 Å². The molecule has 2 saturated heterocycles. The quantitative estimate of drug-likeness (QED) is 0.793. The third kappa shape index (κ3) is 5.05. The van der Waals surface area contributed by atoms with Gasteiger partial charge in [-0.05, 0) is 57.6 Å². The zero-order valence-electron chi connectivity index (χ0n) is 15.7. The Morgan fingerprint density at radius 1 is 1.28 bits per heavy atom. The number of benzene rings is 1. The summed E-state index contributed by atoms with van der Waals surface area (Å²) < 4.78 is 5.80. The van der Waals surface area contributed by atoms with E-state index in [0.717, 1.165) is 51.9 Å². The van der Waals surface area contributed by atoms with E-state index in [1.165, 1.54) is 24.0 Å². The number of carbonyl (C=O) groups excluding carboxylic acids is 1. The smallest absolute Gasteiger partial charge is 0.239 e. The second-order valence-corrected chi connectivity index (χ2v) is 7.65. The van der Waals surface area contributed by atoms with Crippen LogP contribution in [0.2, 0.25) is 0 Å². The van der Waals surface area contributed by atoms with Gasteiger partial charge in [0, 0.05) is 26.7 Å².